The summed E-state index contributed by atoms with van der Waals surface area (Å²) in [5, 5.41) is 3.35. The minimum absolute atomic E-state index is 0.120. The van der Waals surface area contributed by atoms with Crippen LogP contribution in [0.2, 0.25) is 0 Å². The fourth-order valence-corrected chi connectivity index (χ4v) is 3.55. The van der Waals surface area contributed by atoms with E-state index in [1.54, 1.807) is 16.2 Å². The number of nitrogens with zero attached hydrogens (tertiary/aromatic N) is 2. The quantitative estimate of drug-likeness (QED) is 0.946. The number of carbonyl (C=O) groups is 1. The van der Waals surface area contributed by atoms with Crippen molar-refractivity contribution in [3.8, 4) is 0 Å². The molecule has 1 aliphatic rings. The van der Waals surface area contributed by atoms with E-state index in [2.05, 4.69) is 22.4 Å². The molecule has 1 aromatic heterocycles. The lowest BCUT2D eigenvalue weighted by Gasteiger charge is -2.29. The Bertz CT molecular complexity index is 652. The number of rotatable bonds is 3. The molecule has 0 fully saturated rings. The summed E-state index contributed by atoms with van der Waals surface area (Å²) in [6.45, 7) is 3.45. The molecule has 0 spiro atoms. The third-order valence-corrected chi connectivity index (χ3v) is 4.88. The molecule has 0 bridgehead atoms. The molecule has 1 aliphatic heterocycles. The Balaban J connectivity index is 1.78. The van der Waals surface area contributed by atoms with Crippen LogP contribution in [0.5, 0.6) is 0 Å². The molecule has 5 heteroatoms. The number of nitrogens with one attached hydrogen (secondary N) is 1. The van der Waals surface area contributed by atoms with Gasteiger partial charge in [-0.3, -0.25) is 4.79 Å². The first kappa shape index (κ1) is 14.2. The van der Waals surface area contributed by atoms with Crippen molar-refractivity contribution in [3.63, 3.8) is 0 Å². The average molecular weight is 301 g/mol. The number of aryl methyl sites for hydroxylation is 1. The van der Waals surface area contributed by atoms with Crippen molar-refractivity contribution in [1.29, 1.82) is 0 Å². The fraction of sp³-hybridized carbons (Fsp3) is 0.375. The Morgan fingerprint density at radius 2 is 2.29 bits per heavy atom. The van der Waals surface area contributed by atoms with Gasteiger partial charge in [-0.25, -0.2) is 4.98 Å². The SMILES string of the molecule is Cc1ncsc1CN(C)C(=O)C1NCCc2ccccc21. The maximum absolute atomic E-state index is 12.7. The number of hydrogen-bond donors (Lipinski definition) is 1. The molecule has 4 nitrogen and oxygen atoms in total. The summed E-state index contributed by atoms with van der Waals surface area (Å²) in [5.41, 5.74) is 5.23. The van der Waals surface area contributed by atoms with Crippen LogP contribution in [0.3, 0.4) is 0 Å². The molecule has 1 N–H and O–H groups in total. The second kappa shape index (κ2) is 5.95. The van der Waals surface area contributed by atoms with Gasteiger partial charge in [0.2, 0.25) is 5.91 Å². The molecule has 3 rings (SSSR count). The van der Waals surface area contributed by atoms with E-state index in [1.807, 2.05) is 31.6 Å². The Morgan fingerprint density at radius 1 is 1.48 bits per heavy atom. The minimum atomic E-state index is -0.229. The van der Waals surface area contributed by atoms with Crippen LogP contribution >= 0.6 is 11.3 Å². The molecule has 1 unspecified atom stereocenters. The molecule has 0 saturated heterocycles. The first-order chi connectivity index (χ1) is 10.2. The fourth-order valence-electron chi connectivity index (χ4n) is 2.72. The third-order valence-electron chi connectivity index (χ3n) is 3.96. The van der Waals surface area contributed by atoms with Crippen LogP contribution in [0.25, 0.3) is 0 Å². The summed E-state index contributed by atoms with van der Waals surface area (Å²) >= 11 is 1.60. The summed E-state index contributed by atoms with van der Waals surface area (Å²) in [4.78, 5) is 19.9. The average Bonchev–Trinajstić information content (AvgIpc) is 2.91. The zero-order valence-corrected chi connectivity index (χ0v) is 13.1. The molecule has 110 valence electrons. The monoisotopic (exact) mass is 301 g/mol. The lowest BCUT2D eigenvalue weighted by molar-refractivity contribution is -0.133. The molecule has 0 aliphatic carbocycles. The highest BCUT2D eigenvalue weighted by molar-refractivity contribution is 7.09. The molecule has 2 aromatic rings. The standard InChI is InChI=1S/C16H19N3OS/c1-11-14(21-10-18-11)9-19(2)16(20)15-13-6-4-3-5-12(13)7-8-17-15/h3-6,10,15,17H,7-9H2,1-2H3. The summed E-state index contributed by atoms with van der Waals surface area (Å²) in [5.74, 6) is 0.120. The van der Waals surface area contributed by atoms with E-state index in [0.717, 1.165) is 29.1 Å². The summed E-state index contributed by atoms with van der Waals surface area (Å²) in [6, 6.07) is 7.98. The maximum atomic E-state index is 12.7. The minimum Gasteiger partial charge on any atom is -0.339 e. The topological polar surface area (TPSA) is 45.2 Å². The Morgan fingerprint density at radius 3 is 3.05 bits per heavy atom. The van der Waals surface area contributed by atoms with Gasteiger partial charge in [-0.05, 0) is 24.5 Å². The highest BCUT2D eigenvalue weighted by Gasteiger charge is 2.28. The van der Waals surface area contributed by atoms with Gasteiger partial charge in [0.25, 0.3) is 0 Å². The Hall–Kier alpha value is -1.72. The van der Waals surface area contributed by atoms with Crippen LogP contribution in [0.15, 0.2) is 29.8 Å². The molecule has 1 amide bonds. The van der Waals surface area contributed by atoms with Crippen LogP contribution < -0.4 is 5.32 Å². The Kier molecular flexibility index (Phi) is 4.03. The zero-order valence-electron chi connectivity index (χ0n) is 12.3. The number of thiazole rings is 1. The molecular weight excluding hydrogens is 282 g/mol. The summed E-state index contributed by atoms with van der Waals surface area (Å²) < 4.78 is 0. The van der Waals surface area contributed by atoms with Gasteiger partial charge in [-0.15, -0.1) is 11.3 Å². The van der Waals surface area contributed by atoms with E-state index in [-0.39, 0.29) is 11.9 Å². The molecule has 2 heterocycles. The highest BCUT2D eigenvalue weighted by Crippen LogP contribution is 2.25. The number of amides is 1. The third kappa shape index (κ3) is 2.84. The largest absolute Gasteiger partial charge is 0.339 e. The smallest absolute Gasteiger partial charge is 0.244 e. The van der Waals surface area contributed by atoms with Crippen LogP contribution in [-0.4, -0.2) is 29.4 Å². The van der Waals surface area contributed by atoms with Gasteiger partial charge in [-0.1, -0.05) is 24.3 Å². The molecule has 0 saturated carbocycles. The van der Waals surface area contributed by atoms with E-state index in [9.17, 15) is 4.79 Å². The van der Waals surface area contributed by atoms with Crippen LogP contribution in [-0.2, 0) is 17.8 Å². The number of fused-ring (bicyclic) bond motifs is 1. The van der Waals surface area contributed by atoms with Crippen molar-refractivity contribution in [1.82, 2.24) is 15.2 Å². The molecule has 1 aromatic carbocycles. The van der Waals surface area contributed by atoms with E-state index in [0.29, 0.717) is 6.54 Å². The van der Waals surface area contributed by atoms with Crippen molar-refractivity contribution in [2.45, 2.75) is 25.9 Å². The number of aromatic nitrogens is 1. The van der Waals surface area contributed by atoms with Gasteiger partial charge in [0.1, 0.15) is 6.04 Å². The molecule has 1 atom stereocenters. The summed E-state index contributed by atoms with van der Waals surface area (Å²) in [7, 11) is 1.86. The van der Waals surface area contributed by atoms with E-state index >= 15 is 0 Å². The van der Waals surface area contributed by atoms with E-state index in [4.69, 9.17) is 0 Å². The predicted molar refractivity (Wildman–Crippen MR) is 84.2 cm³/mol. The summed E-state index contributed by atoms with van der Waals surface area (Å²) in [6.07, 6.45) is 0.984. The van der Waals surface area contributed by atoms with Crippen molar-refractivity contribution in [2.75, 3.05) is 13.6 Å². The lowest BCUT2D eigenvalue weighted by Crippen LogP contribution is -2.42. The molecular formula is C16H19N3OS. The van der Waals surface area contributed by atoms with Crippen molar-refractivity contribution in [3.05, 3.63) is 51.5 Å². The second-order valence-electron chi connectivity index (χ2n) is 5.39. The van der Waals surface area contributed by atoms with Crippen molar-refractivity contribution >= 4 is 17.2 Å². The lowest BCUT2D eigenvalue weighted by atomic mass is 9.93. The highest BCUT2D eigenvalue weighted by atomic mass is 32.1. The number of hydrogen-bond acceptors (Lipinski definition) is 4. The predicted octanol–water partition coefficient (Wildman–Crippen LogP) is 2.30. The number of benzene rings is 1. The molecule has 0 radical (unpaired) electrons. The van der Waals surface area contributed by atoms with Gasteiger partial charge >= 0.3 is 0 Å². The number of carbonyl (C=O) groups excluding carboxylic acids is 1. The normalized spacial score (nSPS) is 17.3. The van der Waals surface area contributed by atoms with E-state index in [1.165, 1.54) is 5.56 Å². The van der Waals surface area contributed by atoms with Gasteiger partial charge in [0.05, 0.1) is 17.7 Å². The van der Waals surface area contributed by atoms with Gasteiger partial charge in [0, 0.05) is 18.5 Å². The van der Waals surface area contributed by atoms with Gasteiger partial charge in [0.15, 0.2) is 0 Å². The molecule has 21 heavy (non-hydrogen) atoms. The second-order valence-corrected chi connectivity index (χ2v) is 6.33. The zero-order chi connectivity index (χ0) is 14.8. The van der Waals surface area contributed by atoms with Crippen LogP contribution in [0.4, 0.5) is 0 Å². The van der Waals surface area contributed by atoms with Crippen LogP contribution in [0.1, 0.15) is 27.7 Å². The maximum Gasteiger partial charge on any atom is 0.244 e. The van der Waals surface area contributed by atoms with Gasteiger partial charge < -0.3 is 10.2 Å². The first-order valence-electron chi connectivity index (χ1n) is 7.12. The van der Waals surface area contributed by atoms with E-state index < -0.39 is 0 Å². The Labute approximate surface area is 128 Å². The van der Waals surface area contributed by atoms with Gasteiger partial charge in [-0.2, -0.15) is 0 Å². The van der Waals surface area contributed by atoms with Crippen molar-refractivity contribution in [2.24, 2.45) is 0 Å². The first-order valence-corrected chi connectivity index (χ1v) is 8.00. The number of likely N-dealkylation sites (N-methyl/N-ethyl adjacent to an activating group) is 1. The van der Waals surface area contributed by atoms with Crippen molar-refractivity contribution < 1.29 is 4.79 Å². The van der Waals surface area contributed by atoms with Crippen LogP contribution in [0, 0.1) is 6.92 Å².